The number of anilines is 2. The van der Waals surface area contributed by atoms with Gasteiger partial charge in [0.25, 0.3) is 6.33 Å². The van der Waals surface area contributed by atoms with E-state index in [0.29, 0.717) is 23.3 Å². The van der Waals surface area contributed by atoms with Crippen molar-refractivity contribution in [2.75, 3.05) is 4.81 Å². The maximum absolute atomic E-state index is 6.48. The normalized spacial score (nSPS) is 12.3. The van der Waals surface area contributed by atoms with Gasteiger partial charge in [0.05, 0.1) is 16.7 Å². The van der Waals surface area contributed by atoms with Gasteiger partial charge in [-0.1, -0.05) is 107 Å². The van der Waals surface area contributed by atoms with E-state index >= 15 is 0 Å². The second-order valence-corrected chi connectivity index (χ2v) is 13.0. The predicted octanol–water partition coefficient (Wildman–Crippen LogP) is 9.90. The molecule has 8 rings (SSSR count). The summed E-state index contributed by atoms with van der Waals surface area (Å²) in [5, 5.41) is 5.26. The Labute approximate surface area is 309 Å². The van der Waals surface area contributed by atoms with Crippen LogP contribution in [0.3, 0.4) is 0 Å². The van der Waals surface area contributed by atoms with Crippen LogP contribution in [-0.4, -0.2) is 11.5 Å². The third kappa shape index (κ3) is 6.14. The van der Waals surface area contributed by atoms with Crippen LogP contribution in [0.2, 0.25) is 0 Å². The maximum atomic E-state index is 6.48. The summed E-state index contributed by atoms with van der Waals surface area (Å²) >= 11 is 0. The van der Waals surface area contributed by atoms with Crippen LogP contribution in [0.25, 0.3) is 27.6 Å². The van der Waals surface area contributed by atoms with Gasteiger partial charge in [-0.05, 0) is 46.8 Å². The van der Waals surface area contributed by atoms with Gasteiger partial charge in [-0.2, -0.15) is 29.7 Å². The Hall–Kier alpha value is -5.06. The molecule has 0 spiro atoms. The van der Waals surface area contributed by atoms with Crippen LogP contribution in [0, 0.1) is 18.5 Å². The van der Waals surface area contributed by atoms with Gasteiger partial charge in [-0.3, -0.25) is 4.57 Å². The second-order valence-electron chi connectivity index (χ2n) is 13.0. The fourth-order valence-corrected chi connectivity index (χ4v) is 6.77. The first kappa shape index (κ1) is 33.4. The molecule has 0 fully saturated rings. The van der Waals surface area contributed by atoms with Crippen LogP contribution >= 0.6 is 0 Å². The Morgan fingerprint density at radius 2 is 1.30 bits per heavy atom. The molecule has 50 heavy (non-hydrogen) atoms. The van der Waals surface area contributed by atoms with Gasteiger partial charge in [-0.25, -0.2) is 0 Å². The molecule has 246 valence electrons. The number of nitrogens with zero attached hydrogens (tertiary/aromatic N) is 4. The van der Waals surface area contributed by atoms with Crippen molar-refractivity contribution in [3.63, 3.8) is 0 Å². The van der Waals surface area contributed by atoms with E-state index < -0.39 is 0 Å². The van der Waals surface area contributed by atoms with E-state index in [1.54, 1.807) is 0 Å². The number of imidazole rings is 1. The molecule has 1 aliphatic rings. The van der Waals surface area contributed by atoms with Crippen molar-refractivity contribution >= 4 is 40.5 Å². The van der Waals surface area contributed by atoms with Gasteiger partial charge in [0.15, 0.2) is 6.98 Å². The average molecular weight is 831 g/mol. The number of ether oxygens (including phenoxy) is 1. The predicted molar refractivity (Wildman–Crippen MR) is 199 cm³/mol. The SMILES string of the molecule is CC(C)c1cccc(C(C)C)c1N1B(c2[c-]c(Oc3[c-]c(-n4[c-][n+](-c5ccccc5)c5ccccc54)ccc3)ccc2)[N-]c2ccccc21.[Pt+4]. The molecule has 0 saturated heterocycles. The molecule has 1 aromatic heterocycles. The quantitative estimate of drug-likeness (QED) is 0.0869. The molecule has 5 nitrogen and oxygen atoms in total. The summed E-state index contributed by atoms with van der Waals surface area (Å²) in [7, 11) is 0. The number of benzene rings is 6. The average Bonchev–Trinajstić information content (AvgIpc) is 3.71. The number of hydrogen-bond donors (Lipinski definition) is 0. The maximum Gasteiger partial charge on any atom is 4.00 e. The fraction of sp³-hybridized carbons (Fsp3) is 0.140. The van der Waals surface area contributed by atoms with Crippen LogP contribution < -0.4 is 19.6 Å². The zero-order valence-corrected chi connectivity index (χ0v) is 30.7. The summed E-state index contributed by atoms with van der Waals surface area (Å²) in [5.41, 5.74) is 10.8. The van der Waals surface area contributed by atoms with Crippen LogP contribution in [-0.2, 0) is 21.1 Å². The second kappa shape index (κ2) is 14.1. The van der Waals surface area contributed by atoms with E-state index in [1.165, 1.54) is 16.8 Å². The van der Waals surface area contributed by atoms with E-state index in [1.807, 2.05) is 65.2 Å². The molecule has 0 unspecified atom stereocenters. The molecule has 0 N–H and O–H groups in total. The molecular formula is C43H36BN4OPt+. The van der Waals surface area contributed by atoms with Crippen LogP contribution in [0.15, 0.2) is 133 Å². The van der Waals surface area contributed by atoms with Crippen molar-refractivity contribution in [1.82, 2.24) is 4.57 Å². The zero-order valence-electron chi connectivity index (χ0n) is 28.4. The van der Waals surface area contributed by atoms with Gasteiger partial charge >= 0.3 is 21.1 Å². The number of hydrogen-bond acceptors (Lipinski definition) is 2. The fourth-order valence-electron chi connectivity index (χ4n) is 6.77. The van der Waals surface area contributed by atoms with Gasteiger partial charge in [-0.15, -0.1) is 30.0 Å². The molecule has 7 heteroatoms. The van der Waals surface area contributed by atoms with Crippen molar-refractivity contribution in [1.29, 1.82) is 0 Å². The smallest absolute Gasteiger partial charge is 0.684 e. The van der Waals surface area contributed by atoms with Crippen molar-refractivity contribution < 1.29 is 30.4 Å². The number of rotatable bonds is 8. The Kier molecular flexibility index (Phi) is 9.40. The van der Waals surface area contributed by atoms with Gasteiger partial charge in [0, 0.05) is 22.9 Å². The molecule has 1 aliphatic heterocycles. The van der Waals surface area contributed by atoms with E-state index in [0.717, 1.165) is 39.2 Å². The summed E-state index contributed by atoms with van der Waals surface area (Å²) in [4.78, 5) is 2.40. The number of fused-ring (bicyclic) bond motifs is 2. The summed E-state index contributed by atoms with van der Waals surface area (Å²) in [6.45, 7) is 8.76. The van der Waals surface area contributed by atoms with Gasteiger partial charge in [0.2, 0.25) is 0 Å². The van der Waals surface area contributed by atoms with E-state index in [2.05, 4.69) is 128 Å². The summed E-state index contributed by atoms with van der Waals surface area (Å²) in [5.74, 6) is 1.90. The molecule has 6 aromatic carbocycles. The van der Waals surface area contributed by atoms with E-state index in [4.69, 9.17) is 9.96 Å². The van der Waals surface area contributed by atoms with Crippen molar-refractivity contribution in [3.05, 3.63) is 168 Å². The Bertz CT molecular complexity index is 2260. The summed E-state index contributed by atoms with van der Waals surface area (Å²) in [6.07, 6.45) is 3.53. The largest absolute Gasteiger partial charge is 4.00 e. The molecule has 0 radical (unpaired) electrons. The zero-order chi connectivity index (χ0) is 33.5. The number of aromatic nitrogens is 2. The molecule has 0 amide bonds. The topological polar surface area (TPSA) is 35.4 Å². The minimum Gasteiger partial charge on any atom is -0.684 e. The number of para-hydroxylation sites is 5. The first-order chi connectivity index (χ1) is 24.0. The standard InChI is InChI=1S/C43H36BN4O.Pt/c1-30(2)37-21-14-22-38(31(3)4)43(37)48-40-24-9-8-23-39(40)45-44(48)32-15-12-19-35(27-32)49-36-20-13-18-34(28-36)47-29-46(33-16-6-5-7-17-33)41-25-10-11-26-42(41)47;/h5-26,30-31H,1-4H3;/q-3;+4. The molecule has 2 heterocycles. The molecule has 0 atom stereocenters. The first-order valence-corrected chi connectivity index (χ1v) is 16.9. The summed E-state index contributed by atoms with van der Waals surface area (Å²) < 4.78 is 10.6. The van der Waals surface area contributed by atoms with Crippen molar-refractivity contribution in [2.45, 2.75) is 39.5 Å². The molecule has 0 bridgehead atoms. The molecule has 7 aromatic rings. The monoisotopic (exact) mass is 830 g/mol. The third-order valence-electron chi connectivity index (χ3n) is 9.09. The third-order valence-corrected chi connectivity index (χ3v) is 9.09. The first-order valence-electron chi connectivity index (χ1n) is 16.9. The van der Waals surface area contributed by atoms with Crippen molar-refractivity contribution in [2.24, 2.45) is 0 Å². The molecular weight excluding hydrogens is 794 g/mol. The molecule has 0 saturated carbocycles. The Morgan fingerprint density at radius 1 is 0.660 bits per heavy atom. The van der Waals surface area contributed by atoms with Gasteiger partial charge in [0.1, 0.15) is 0 Å². The summed E-state index contributed by atoms with van der Waals surface area (Å²) in [6, 6.07) is 52.7. The van der Waals surface area contributed by atoms with Crippen molar-refractivity contribution in [3.8, 4) is 22.9 Å². The van der Waals surface area contributed by atoms with Crippen LogP contribution in [0.5, 0.6) is 11.5 Å². The van der Waals surface area contributed by atoms with Crippen LogP contribution in [0.4, 0.5) is 17.1 Å². The Morgan fingerprint density at radius 3 is 2.06 bits per heavy atom. The molecule has 0 aliphatic carbocycles. The minimum absolute atomic E-state index is 0. The van der Waals surface area contributed by atoms with E-state index in [-0.39, 0.29) is 28.0 Å². The minimum atomic E-state index is -0.289. The van der Waals surface area contributed by atoms with Crippen LogP contribution in [0.1, 0.15) is 50.7 Å². The Balaban J connectivity index is 0.00000392. The van der Waals surface area contributed by atoms with Gasteiger partial charge < -0.3 is 19.3 Å². The van der Waals surface area contributed by atoms with E-state index in [9.17, 15) is 0 Å².